The zero-order chi connectivity index (χ0) is 15.2. The number of aliphatic hydroxyl groups excluding tert-OH is 2. The molecule has 0 radical (unpaired) electrons. The molecule has 0 unspecified atom stereocenters. The molecule has 110 valence electrons. The van der Waals surface area contributed by atoms with Gasteiger partial charge in [-0.25, -0.2) is 14.4 Å². The maximum Gasteiger partial charge on any atom is 0.243 e. The van der Waals surface area contributed by atoms with Crippen LogP contribution in [0.2, 0.25) is 0 Å². The number of nitrogen functional groups attached to an aromatic ring is 1. The van der Waals surface area contributed by atoms with E-state index in [4.69, 9.17) is 22.0 Å². The topological polar surface area (TPSA) is 106 Å². The second kappa shape index (κ2) is 4.66. The highest BCUT2D eigenvalue weighted by atomic mass is 19.1. The van der Waals surface area contributed by atoms with E-state index in [9.17, 15) is 9.50 Å². The van der Waals surface area contributed by atoms with E-state index in [-0.39, 0.29) is 5.82 Å². The van der Waals surface area contributed by atoms with Crippen molar-refractivity contribution in [1.29, 1.82) is 0 Å². The second-order valence-electron chi connectivity index (χ2n) is 4.79. The van der Waals surface area contributed by atoms with Gasteiger partial charge < -0.3 is 25.3 Å². The highest BCUT2D eigenvalue weighted by molar-refractivity contribution is 5.86. The average molecular weight is 292 g/mol. The Balaban J connectivity index is 2.14. The minimum Gasteiger partial charge on any atom is -0.394 e. The molecule has 1 saturated heterocycles. The molecule has 0 saturated carbocycles. The Bertz CT molecular complexity index is 728. The zero-order valence-corrected chi connectivity index (χ0v) is 10.8. The lowest BCUT2D eigenvalue weighted by atomic mass is 9.97. The van der Waals surface area contributed by atoms with Crippen LogP contribution in [0.1, 0.15) is 6.23 Å². The van der Waals surface area contributed by atoms with Gasteiger partial charge in [-0.3, -0.25) is 0 Å². The van der Waals surface area contributed by atoms with E-state index < -0.39 is 30.7 Å². The fraction of sp³-hybridized carbons (Fsp3) is 0.385. The van der Waals surface area contributed by atoms with Gasteiger partial charge in [0, 0.05) is 6.20 Å². The summed E-state index contributed by atoms with van der Waals surface area (Å²) in [5.41, 5.74) is 3.56. The number of aromatic nitrogens is 3. The molecule has 1 aliphatic heterocycles. The largest absolute Gasteiger partial charge is 0.394 e. The minimum absolute atomic E-state index is 0.237. The molecule has 2 aromatic heterocycles. The molecule has 3 heterocycles. The summed E-state index contributed by atoms with van der Waals surface area (Å²) in [5.74, 6) is 2.16. The van der Waals surface area contributed by atoms with Gasteiger partial charge in [0.1, 0.15) is 30.0 Å². The van der Waals surface area contributed by atoms with Crippen LogP contribution in [-0.4, -0.2) is 49.2 Å². The SMILES string of the molecule is C#C[C@@]1(F)[C@H](O)[C@@H](CO)O[C@@H]1n1ccc2c(N)ncnc21. The van der Waals surface area contributed by atoms with Crippen molar-refractivity contribution in [2.45, 2.75) is 24.1 Å². The number of hydrogen-bond acceptors (Lipinski definition) is 6. The van der Waals surface area contributed by atoms with E-state index in [0.717, 1.165) is 0 Å². The van der Waals surface area contributed by atoms with Crippen molar-refractivity contribution in [1.82, 2.24) is 14.5 Å². The first-order valence-electron chi connectivity index (χ1n) is 6.21. The number of rotatable bonds is 2. The fourth-order valence-electron chi connectivity index (χ4n) is 2.50. The molecule has 4 atom stereocenters. The first-order chi connectivity index (χ1) is 10.0. The van der Waals surface area contributed by atoms with Crippen molar-refractivity contribution in [3.63, 3.8) is 0 Å². The van der Waals surface area contributed by atoms with Gasteiger partial charge in [-0.05, 0) is 6.07 Å². The van der Waals surface area contributed by atoms with Crippen LogP contribution in [-0.2, 0) is 4.74 Å². The van der Waals surface area contributed by atoms with Gasteiger partial charge in [0.15, 0.2) is 6.23 Å². The van der Waals surface area contributed by atoms with Crippen LogP contribution in [0.15, 0.2) is 18.6 Å². The summed E-state index contributed by atoms with van der Waals surface area (Å²) in [6.07, 6.45) is 3.88. The molecule has 2 aromatic rings. The molecule has 0 aliphatic carbocycles. The summed E-state index contributed by atoms with van der Waals surface area (Å²) >= 11 is 0. The summed E-state index contributed by atoms with van der Waals surface area (Å²) in [6, 6.07) is 1.60. The molecular weight excluding hydrogens is 279 g/mol. The molecule has 21 heavy (non-hydrogen) atoms. The van der Waals surface area contributed by atoms with Crippen LogP contribution in [0.3, 0.4) is 0 Å². The molecule has 1 aliphatic rings. The molecule has 7 nitrogen and oxygen atoms in total. The van der Waals surface area contributed by atoms with Crippen molar-refractivity contribution in [3.05, 3.63) is 18.6 Å². The monoisotopic (exact) mass is 292 g/mol. The smallest absolute Gasteiger partial charge is 0.243 e. The first kappa shape index (κ1) is 13.8. The van der Waals surface area contributed by atoms with E-state index in [1.807, 2.05) is 5.92 Å². The third-order valence-corrected chi connectivity index (χ3v) is 3.64. The molecular formula is C13H13FN4O3. The van der Waals surface area contributed by atoms with Gasteiger partial charge in [-0.2, -0.15) is 0 Å². The molecule has 0 bridgehead atoms. The Kier molecular flexibility index (Phi) is 3.06. The Morgan fingerprint density at radius 1 is 1.57 bits per heavy atom. The van der Waals surface area contributed by atoms with Crippen molar-refractivity contribution < 1.29 is 19.3 Å². The predicted molar refractivity (Wildman–Crippen MR) is 71.6 cm³/mol. The normalized spacial score (nSPS) is 32.4. The van der Waals surface area contributed by atoms with Crippen LogP contribution >= 0.6 is 0 Å². The second-order valence-corrected chi connectivity index (χ2v) is 4.79. The summed E-state index contributed by atoms with van der Waals surface area (Å²) in [5, 5.41) is 19.6. The number of hydrogen-bond donors (Lipinski definition) is 3. The van der Waals surface area contributed by atoms with E-state index in [1.54, 1.807) is 6.07 Å². The lowest BCUT2D eigenvalue weighted by molar-refractivity contribution is -0.0501. The molecule has 4 N–H and O–H groups in total. The Hall–Kier alpha value is -2.21. The Labute approximate surface area is 119 Å². The number of nitrogens with two attached hydrogens (primary N) is 1. The van der Waals surface area contributed by atoms with Gasteiger partial charge in [0.05, 0.1) is 12.0 Å². The maximum atomic E-state index is 14.9. The van der Waals surface area contributed by atoms with Gasteiger partial charge in [-0.1, -0.05) is 5.92 Å². The van der Waals surface area contributed by atoms with Crippen molar-refractivity contribution in [2.75, 3.05) is 12.3 Å². The minimum atomic E-state index is -2.49. The van der Waals surface area contributed by atoms with E-state index in [0.29, 0.717) is 11.0 Å². The Morgan fingerprint density at radius 3 is 3.00 bits per heavy atom. The van der Waals surface area contributed by atoms with Gasteiger partial charge in [-0.15, -0.1) is 6.42 Å². The van der Waals surface area contributed by atoms with Crippen LogP contribution < -0.4 is 5.73 Å². The predicted octanol–water partition coefficient (Wildman–Crippen LogP) is -0.394. The van der Waals surface area contributed by atoms with Crippen molar-refractivity contribution in [2.24, 2.45) is 0 Å². The highest BCUT2D eigenvalue weighted by Gasteiger charge is 2.57. The quantitative estimate of drug-likeness (QED) is 0.651. The molecule has 8 heteroatoms. The number of alkyl halides is 1. The van der Waals surface area contributed by atoms with Gasteiger partial charge in [0.2, 0.25) is 5.67 Å². The van der Waals surface area contributed by atoms with Crippen LogP contribution in [0.5, 0.6) is 0 Å². The number of aliphatic hydroxyl groups is 2. The fourth-order valence-corrected chi connectivity index (χ4v) is 2.50. The van der Waals surface area contributed by atoms with Crippen LogP contribution in [0.25, 0.3) is 11.0 Å². The Morgan fingerprint density at radius 2 is 2.33 bits per heavy atom. The molecule has 0 aromatic carbocycles. The molecule has 0 spiro atoms. The van der Waals surface area contributed by atoms with Gasteiger partial charge >= 0.3 is 0 Å². The van der Waals surface area contributed by atoms with E-state index in [2.05, 4.69) is 9.97 Å². The lowest BCUT2D eigenvalue weighted by Crippen LogP contribution is -2.42. The third-order valence-electron chi connectivity index (χ3n) is 3.64. The van der Waals surface area contributed by atoms with Crippen molar-refractivity contribution in [3.8, 4) is 12.3 Å². The highest BCUT2D eigenvalue weighted by Crippen LogP contribution is 2.42. The number of ether oxygens (including phenoxy) is 1. The third kappa shape index (κ3) is 1.79. The standard InChI is InChI=1S/C13H13FN4O3/c1-2-13(14)9(20)8(5-19)21-12(13)18-4-3-7-10(15)16-6-17-11(7)18/h1,3-4,6,8-9,12,19-20H,5H2,(H2,15,16,17)/t8-,9-,12+,13-/m1/s1. The summed E-state index contributed by atoms with van der Waals surface area (Å²) in [7, 11) is 0. The number of fused-ring (bicyclic) bond motifs is 1. The number of nitrogens with zero attached hydrogens (tertiary/aromatic N) is 3. The summed E-state index contributed by atoms with van der Waals surface area (Å²) in [6.45, 7) is -0.554. The number of halogens is 1. The molecule has 1 fully saturated rings. The number of anilines is 1. The molecule has 3 rings (SSSR count). The van der Waals surface area contributed by atoms with Crippen LogP contribution in [0.4, 0.5) is 10.2 Å². The van der Waals surface area contributed by atoms with Gasteiger partial charge in [0.25, 0.3) is 0 Å². The lowest BCUT2D eigenvalue weighted by Gasteiger charge is -2.24. The van der Waals surface area contributed by atoms with Crippen molar-refractivity contribution >= 4 is 16.9 Å². The van der Waals surface area contributed by atoms with E-state index in [1.165, 1.54) is 17.1 Å². The maximum absolute atomic E-state index is 14.9. The molecule has 0 amide bonds. The van der Waals surface area contributed by atoms with Crippen LogP contribution in [0, 0.1) is 12.3 Å². The van der Waals surface area contributed by atoms with E-state index >= 15 is 0 Å². The number of terminal acetylenes is 1. The summed E-state index contributed by atoms with van der Waals surface area (Å²) < 4.78 is 21.6. The average Bonchev–Trinajstić information content (AvgIpc) is 3.01. The zero-order valence-electron chi connectivity index (χ0n) is 10.8. The summed E-state index contributed by atoms with van der Waals surface area (Å²) in [4.78, 5) is 7.87. The first-order valence-corrected chi connectivity index (χ1v) is 6.21.